The van der Waals surface area contributed by atoms with Gasteiger partial charge in [0, 0.05) is 38.2 Å². The average molecular weight is 833 g/mol. The molecule has 0 atom stereocenters. The van der Waals surface area contributed by atoms with Crippen LogP contribution in [0.25, 0.3) is 27.8 Å². The van der Waals surface area contributed by atoms with Crippen LogP contribution >= 0.6 is 0 Å². The summed E-state index contributed by atoms with van der Waals surface area (Å²) in [7, 11) is 0. The maximum absolute atomic E-state index is 6.43. The second kappa shape index (κ2) is 14.0. The van der Waals surface area contributed by atoms with Gasteiger partial charge in [0.05, 0.1) is 16.7 Å². The van der Waals surface area contributed by atoms with Crippen LogP contribution in [0.5, 0.6) is 11.6 Å². The van der Waals surface area contributed by atoms with Gasteiger partial charge in [0.25, 0.3) is 6.33 Å². The summed E-state index contributed by atoms with van der Waals surface area (Å²) < 4.78 is 10.5. The Labute approximate surface area is 308 Å². The van der Waals surface area contributed by atoms with E-state index in [9.17, 15) is 0 Å². The van der Waals surface area contributed by atoms with Crippen molar-refractivity contribution >= 4 is 40.5 Å². The number of benzene rings is 5. The maximum atomic E-state index is 6.43. The van der Waals surface area contributed by atoms with E-state index in [4.69, 9.17) is 14.9 Å². The van der Waals surface area contributed by atoms with Crippen LogP contribution in [0.3, 0.4) is 0 Å². The first kappa shape index (κ1) is 33.4. The Morgan fingerprint density at radius 2 is 1.40 bits per heavy atom. The standard InChI is InChI=1S/C42H36BN5O.Pt/c1-29(2)34-19-13-20-35(30(3)4)42(34)48-37-22-9-8-21-36(37)45-43(48)31-15-12-18-33(27-31)49-41-26-14-25-40(44-41)47-28-46(32-16-6-5-7-17-32)38-23-10-11-24-39(38)47;/h5-26,29-30H,1-4H3;/q-2;. The molecule has 0 fully saturated rings. The van der Waals surface area contributed by atoms with Crippen molar-refractivity contribution in [3.05, 3.63) is 162 Å². The quantitative estimate of drug-likeness (QED) is 0.0872. The van der Waals surface area contributed by atoms with Crippen molar-refractivity contribution in [2.75, 3.05) is 4.81 Å². The number of aromatic nitrogens is 3. The van der Waals surface area contributed by atoms with Gasteiger partial charge in [-0.2, -0.15) is 17.6 Å². The minimum atomic E-state index is -0.299. The number of fused-ring (bicyclic) bond motifs is 2. The smallest absolute Gasteiger partial charge is 0.271 e. The summed E-state index contributed by atoms with van der Waals surface area (Å²) in [4.78, 5) is 7.31. The number of imidazole rings is 1. The molecule has 0 saturated heterocycles. The molecule has 250 valence electrons. The van der Waals surface area contributed by atoms with Gasteiger partial charge >= 0.3 is 0 Å². The van der Waals surface area contributed by atoms with Gasteiger partial charge in [-0.15, -0.1) is 17.8 Å². The largest absolute Gasteiger partial charge is 0.684 e. The van der Waals surface area contributed by atoms with Crippen LogP contribution in [0.4, 0.5) is 17.1 Å². The van der Waals surface area contributed by atoms with E-state index in [1.165, 1.54) is 16.8 Å². The minimum Gasteiger partial charge on any atom is -0.684 e. The number of hydrogen-bond acceptors (Lipinski definition) is 3. The maximum Gasteiger partial charge on any atom is 0.271 e. The van der Waals surface area contributed by atoms with Crippen LogP contribution < -0.4 is 19.6 Å². The van der Waals surface area contributed by atoms with Crippen molar-refractivity contribution in [2.45, 2.75) is 39.5 Å². The third-order valence-electron chi connectivity index (χ3n) is 9.03. The molecular weight excluding hydrogens is 796 g/mol. The molecule has 2 aromatic heterocycles. The van der Waals surface area contributed by atoms with Gasteiger partial charge in [-0.3, -0.25) is 9.13 Å². The number of rotatable bonds is 8. The van der Waals surface area contributed by atoms with Crippen LogP contribution in [-0.2, 0) is 21.1 Å². The number of para-hydroxylation sites is 5. The second-order valence-electron chi connectivity index (χ2n) is 13.0. The fourth-order valence-corrected chi connectivity index (χ4v) is 6.71. The first-order valence-electron chi connectivity index (χ1n) is 16.9. The zero-order valence-electron chi connectivity index (χ0n) is 28.4. The van der Waals surface area contributed by atoms with Crippen molar-refractivity contribution in [3.8, 4) is 23.1 Å². The number of ether oxygens (including phenoxy) is 1. The van der Waals surface area contributed by atoms with Crippen molar-refractivity contribution in [1.82, 2.24) is 9.55 Å². The topological polar surface area (TPSA) is 48.3 Å². The van der Waals surface area contributed by atoms with Gasteiger partial charge in [-0.25, -0.2) is 4.98 Å². The molecular formula is C42H36BN5OPt-2. The fraction of sp³-hybridized carbons (Fsp3) is 0.143. The number of anilines is 2. The molecule has 3 heterocycles. The molecule has 0 aliphatic carbocycles. The van der Waals surface area contributed by atoms with E-state index in [1.807, 2.05) is 65.2 Å². The molecule has 8 heteroatoms. The van der Waals surface area contributed by atoms with Crippen LogP contribution in [0.15, 0.2) is 133 Å². The molecule has 0 radical (unpaired) electrons. The third kappa shape index (κ3) is 6.12. The predicted molar refractivity (Wildman–Crippen MR) is 198 cm³/mol. The fourth-order valence-electron chi connectivity index (χ4n) is 6.71. The summed E-state index contributed by atoms with van der Waals surface area (Å²) in [5, 5.41) is 5.25. The normalized spacial score (nSPS) is 12.3. The molecule has 6 nitrogen and oxygen atoms in total. The van der Waals surface area contributed by atoms with E-state index < -0.39 is 0 Å². The number of pyridine rings is 1. The SMILES string of the molecule is CC(C)c1cccc(C(C)C)c1N1B(c2[c-]c(Oc3cccc(-n4[c-][n+](-c5ccccc5)c5ccccc54)n3)ccc2)[N-]c2ccccc21.[Pt]. The van der Waals surface area contributed by atoms with Gasteiger partial charge in [0.2, 0.25) is 5.88 Å². The first-order valence-corrected chi connectivity index (χ1v) is 16.9. The molecule has 1 aliphatic rings. The Kier molecular flexibility index (Phi) is 9.35. The Bertz CT molecular complexity index is 2260. The van der Waals surface area contributed by atoms with Crippen molar-refractivity contribution in [2.24, 2.45) is 0 Å². The number of nitrogens with zero attached hydrogens (tertiary/aromatic N) is 5. The number of hydrogen-bond donors (Lipinski definition) is 0. The van der Waals surface area contributed by atoms with E-state index in [0.29, 0.717) is 29.3 Å². The third-order valence-corrected chi connectivity index (χ3v) is 9.03. The molecule has 5 aromatic carbocycles. The van der Waals surface area contributed by atoms with Gasteiger partial charge in [-0.05, 0) is 53.3 Å². The van der Waals surface area contributed by atoms with Crippen molar-refractivity contribution < 1.29 is 30.4 Å². The zero-order valence-corrected chi connectivity index (χ0v) is 30.7. The van der Waals surface area contributed by atoms with Gasteiger partial charge in [0.1, 0.15) is 0 Å². The van der Waals surface area contributed by atoms with E-state index in [-0.39, 0.29) is 28.0 Å². The molecule has 8 rings (SSSR count). The zero-order chi connectivity index (χ0) is 33.5. The van der Waals surface area contributed by atoms with Gasteiger partial charge in [-0.1, -0.05) is 113 Å². The molecule has 0 unspecified atom stereocenters. The predicted octanol–water partition coefficient (Wildman–Crippen LogP) is 9.49. The summed E-state index contributed by atoms with van der Waals surface area (Å²) in [5.74, 6) is 2.44. The summed E-state index contributed by atoms with van der Waals surface area (Å²) >= 11 is 0. The molecule has 0 bridgehead atoms. The summed E-state index contributed by atoms with van der Waals surface area (Å²) in [5.41, 5.74) is 9.88. The van der Waals surface area contributed by atoms with E-state index in [2.05, 4.69) is 122 Å². The second-order valence-corrected chi connectivity index (χ2v) is 13.0. The van der Waals surface area contributed by atoms with Crippen LogP contribution in [0.1, 0.15) is 50.7 Å². The Hall–Kier alpha value is -5.13. The van der Waals surface area contributed by atoms with E-state index in [1.54, 1.807) is 0 Å². The Morgan fingerprint density at radius 1 is 0.720 bits per heavy atom. The van der Waals surface area contributed by atoms with Crippen molar-refractivity contribution in [3.63, 3.8) is 0 Å². The molecule has 0 saturated carbocycles. The van der Waals surface area contributed by atoms with Crippen LogP contribution in [-0.4, -0.2) is 16.5 Å². The first-order chi connectivity index (χ1) is 24.0. The molecule has 0 amide bonds. The summed E-state index contributed by atoms with van der Waals surface area (Å²) in [6.07, 6.45) is 3.50. The van der Waals surface area contributed by atoms with Crippen LogP contribution in [0.2, 0.25) is 0 Å². The Balaban J connectivity index is 0.00000392. The molecule has 0 spiro atoms. The molecule has 7 aromatic rings. The molecule has 1 aliphatic heterocycles. The van der Waals surface area contributed by atoms with Gasteiger partial charge < -0.3 is 14.8 Å². The van der Waals surface area contributed by atoms with E-state index >= 15 is 0 Å². The monoisotopic (exact) mass is 832 g/mol. The van der Waals surface area contributed by atoms with Crippen LogP contribution in [0, 0.1) is 12.4 Å². The Morgan fingerprint density at radius 3 is 2.18 bits per heavy atom. The summed E-state index contributed by atoms with van der Waals surface area (Å²) in [6.45, 7) is 8.73. The van der Waals surface area contributed by atoms with Gasteiger partial charge in [0.15, 0.2) is 12.8 Å². The molecule has 0 N–H and O–H groups in total. The van der Waals surface area contributed by atoms with E-state index in [0.717, 1.165) is 33.6 Å². The summed E-state index contributed by atoms with van der Waals surface area (Å²) in [6, 6.07) is 48.9. The minimum absolute atomic E-state index is 0. The van der Waals surface area contributed by atoms with Crippen molar-refractivity contribution in [1.29, 1.82) is 0 Å². The average Bonchev–Trinajstić information content (AvgIpc) is 3.71. The molecule has 50 heavy (non-hydrogen) atoms.